The zero-order valence-corrected chi connectivity index (χ0v) is 20.2. The molecule has 0 atom stereocenters. The smallest absolute Gasteiger partial charge is 0.267 e. The van der Waals surface area contributed by atoms with Crippen molar-refractivity contribution in [1.82, 2.24) is 20.6 Å². The van der Waals surface area contributed by atoms with Crippen LogP contribution in [0.4, 0.5) is 5.69 Å². The van der Waals surface area contributed by atoms with E-state index in [9.17, 15) is 8.42 Å². The fraction of sp³-hybridized carbons (Fsp3) is 0.304. The number of aromatic nitrogens is 2. The molecule has 9 nitrogen and oxygen atoms in total. The maximum absolute atomic E-state index is 12.9. The molecule has 0 spiro atoms. The number of halogens is 1. The monoisotopic (exact) mass is 503 g/mol. The van der Waals surface area contributed by atoms with Crippen LogP contribution in [-0.2, 0) is 21.3 Å². The number of methoxy groups -OCH3 is 1. The summed E-state index contributed by atoms with van der Waals surface area (Å²) in [5.74, 6) is -0.0387. The summed E-state index contributed by atoms with van der Waals surface area (Å²) in [5, 5.41) is 7.01. The van der Waals surface area contributed by atoms with Crippen LogP contribution in [0.1, 0.15) is 5.56 Å². The van der Waals surface area contributed by atoms with E-state index in [4.69, 9.17) is 21.1 Å². The summed E-state index contributed by atoms with van der Waals surface area (Å²) in [7, 11) is -2.63. The first-order valence-electron chi connectivity index (χ1n) is 10.7. The van der Waals surface area contributed by atoms with Gasteiger partial charge in [0, 0.05) is 37.6 Å². The molecule has 0 aliphatic carbocycles. The third-order valence-corrected chi connectivity index (χ3v) is 6.81. The number of nitrogens with one attached hydrogen (secondary N) is 3. The number of benzene rings is 1. The Labute approximate surface area is 203 Å². The first-order valence-corrected chi connectivity index (χ1v) is 12.6. The van der Waals surface area contributed by atoms with E-state index in [2.05, 4.69) is 25.3 Å². The fourth-order valence-electron chi connectivity index (χ4n) is 3.36. The number of rotatable bonds is 11. The van der Waals surface area contributed by atoms with Gasteiger partial charge in [0.05, 0.1) is 42.8 Å². The Morgan fingerprint density at radius 2 is 1.91 bits per heavy atom. The van der Waals surface area contributed by atoms with E-state index in [1.165, 1.54) is 19.4 Å². The SMILES string of the molecule is COc1ncc(Cl)cc1S(=O)(=O)Nc1ccnc(-c2ccc(CNCCNC3COC3)cc2)c1. The summed E-state index contributed by atoms with van der Waals surface area (Å²) in [6.45, 7) is 4.12. The third-order valence-electron chi connectivity index (χ3n) is 5.23. The second-order valence-corrected chi connectivity index (χ2v) is 9.85. The van der Waals surface area contributed by atoms with Crippen LogP contribution < -0.4 is 20.1 Å². The molecule has 1 aliphatic heterocycles. The van der Waals surface area contributed by atoms with Crippen molar-refractivity contribution in [2.24, 2.45) is 0 Å². The third kappa shape index (κ3) is 6.22. The van der Waals surface area contributed by atoms with Gasteiger partial charge in [-0.1, -0.05) is 35.9 Å². The van der Waals surface area contributed by atoms with Crippen LogP contribution in [0.3, 0.4) is 0 Å². The molecular formula is C23H26ClN5O4S. The van der Waals surface area contributed by atoms with Crippen LogP contribution in [0, 0.1) is 0 Å². The van der Waals surface area contributed by atoms with Gasteiger partial charge < -0.3 is 20.1 Å². The molecule has 0 saturated carbocycles. The van der Waals surface area contributed by atoms with Gasteiger partial charge in [-0.2, -0.15) is 0 Å². The van der Waals surface area contributed by atoms with Crippen molar-refractivity contribution >= 4 is 27.3 Å². The van der Waals surface area contributed by atoms with E-state index in [0.29, 0.717) is 17.4 Å². The quantitative estimate of drug-likeness (QED) is 0.342. The lowest BCUT2D eigenvalue weighted by Crippen LogP contribution is -2.47. The molecule has 3 heterocycles. The minimum Gasteiger partial charge on any atom is -0.480 e. The predicted molar refractivity (Wildman–Crippen MR) is 131 cm³/mol. The highest BCUT2D eigenvalue weighted by atomic mass is 35.5. The standard InChI is InChI=1S/C23H26ClN5O4S/c1-32-23-22(10-18(24)13-28-23)34(30,31)29-19-6-7-27-21(11-19)17-4-2-16(3-5-17)12-25-8-9-26-20-14-33-15-20/h2-7,10-11,13,20,25-26H,8-9,12,14-15H2,1H3,(H,27,29). The Hall–Kier alpha value is -2.76. The largest absolute Gasteiger partial charge is 0.480 e. The van der Waals surface area contributed by atoms with Crippen molar-refractivity contribution < 1.29 is 17.9 Å². The summed E-state index contributed by atoms with van der Waals surface area (Å²) >= 11 is 5.94. The fourth-order valence-corrected chi connectivity index (χ4v) is 4.78. The lowest BCUT2D eigenvalue weighted by molar-refractivity contribution is -0.00466. The highest BCUT2D eigenvalue weighted by Crippen LogP contribution is 2.27. The summed E-state index contributed by atoms with van der Waals surface area (Å²) < 4.78 is 38.6. The van der Waals surface area contributed by atoms with Crippen molar-refractivity contribution in [2.45, 2.75) is 17.5 Å². The molecule has 0 amide bonds. The van der Waals surface area contributed by atoms with Gasteiger partial charge >= 0.3 is 0 Å². The van der Waals surface area contributed by atoms with E-state index in [-0.39, 0.29) is 15.8 Å². The van der Waals surface area contributed by atoms with Crippen molar-refractivity contribution in [1.29, 1.82) is 0 Å². The number of hydrogen-bond donors (Lipinski definition) is 3. The molecule has 11 heteroatoms. The second kappa shape index (κ2) is 11.1. The van der Waals surface area contributed by atoms with Crippen LogP contribution >= 0.6 is 11.6 Å². The molecule has 0 unspecified atom stereocenters. The van der Waals surface area contributed by atoms with Gasteiger partial charge in [-0.05, 0) is 23.8 Å². The number of ether oxygens (including phenoxy) is 2. The molecule has 2 aromatic heterocycles. The Kier molecular flexibility index (Phi) is 7.96. The van der Waals surface area contributed by atoms with Crippen molar-refractivity contribution in [3.63, 3.8) is 0 Å². The molecule has 1 aliphatic rings. The van der Waals surface area contributed by atoms with Crippen molar-refractivity contribution in [3.05, 3.63) is 65.4 Å². The zero-order chi connectivity index (χ0) is 24.0. The predicted octanol–water partition coefficient (Wildman–Crippen LogP) is 2.68. The summed E-state index contributed by atoms with van der Waals surface area (Å²) in [4.78, 5) is 8.16. The molecule has 34 heavy (non-hydrogen) atoms. The average molecular weight is 504 g/mol. The molecule has 1 fully saturated rings. The molecule has 180 valence electrons. The first-order chi connectivity index (χ1) is 16.4. The van der Waals surface area contributed by atoms with Crippen LogP contribution in [-0.4, -0.2) is 57.8 Å². The Morgan fingerprint density at radius 1 is 1.12 bits per heavy atom. The van der Waals surface area contributed by atoms with Crippen LogP contribution in [0.2, 0.25) is 5.02 Å². The molecule has 3 N–H and O–H groups in total. The Balaban J connectivity index is 1.38. The maximum Gasteiger partial charge on any atom is 0.267 e. The molecule has 3 aromatic rings. The highest BCUT2D eigenvalue weighted by Gasteiger charge is 2.22. The van der Waals surface area contributed by atoms with Gasteiger partial charge in [0.25, 0.3) is 10.0 Å². The lowest BCUT2D eigenvalue weighted by atomic mass is 10.1. The maximum atomic E-state index is 12.9. The minimum atomic E-state index is -3.97. The van der Waals surface area contributed by atoms with E-state index < -0.39 is 10.0 Å². The van der Waals surface area contributed by atoms with E-state index >= 15 is 0 Å². The summed E-state index contributed by atoms with van der Waals surface area (Å²) in [6, 6.07) is 13.0. The average Bonchev–Trinajstić information content (AvgIpc) is 2.80. The second-order valence-electron chi connectivity index (χ2n) is 7.76. The Bertz CT molecular complexity index is 1220. The van der Waals surface area contributed by atoms with E-state index in [1.54, 1.807) is 18.3 Å². The molecule has 0 bridgehead atoms. The van der Waals surface area contributed by atoms with Crippen molar-refractivity contribution in [3.8, 4) is 17.1 Å². The lowest BCUT2D eigenvalue weighted by Gasteiger charge is -2.26. The zero-order valence-electron chi connectivity index (χ0n) is 18.6. The number of sulfonamides is 1. The van der Waals surface area contributed by atoms with Crippen LogP contribution in [0.25, 0.3) is 11.3 Å². The Morgan fingerprint density at radius 3 is 2.62 bits per heavy atom. The minimum absolute atomic E-state index is 0.0387. The van der Waals surface area contributed by atoms with Crippen molar-refractivity contribution in [2.75, 3.05) is 38.1 Å². The summed E-state index contributed by atoms with van der Waals surface area (Å²) in [5.41, 5.74) is 3.02. The highest BCUT2D eigenvalue weighted by molar-refractivity contribution is 7.92. The van der Waals surface area contributed by atoms with Gasteiger partial charge in [-0.15, -0.1) is 0 Å². The first kappa shape index (κ1) is 24.4. The van der Waals surface area contributed by atoms with Gasteiger partial charge in [-0.25, -0.2) is 13.4 Å². The van der Waals surface area contributed by atoms with Gasteiger partial charge in [0.1, 0.15) is 0 Å². The number of nitrogens with zero attached hydrogens (tertiary/aromatic N) is 2. The van der Waals surface area contributed by atoms with Gasteiger partial charge in [0.2, 0.25) is 5.88 Å². The molecule has 0 radical (unpaired) electrons. The topological polar surface area (TPSA) is 114 Å². The molecule has 1 aromatic carbocycles. The summed E-state index contributed by atoms with van der Waals surface area (Å²) in [6.07, 6.45) is 2.88. The van der Waals surface area contributed by atoms with E-state index in [0.717, 1.165) is 44.0 Å². The number of anilines is 1. The van der Waals surface area contributed by atoms with Crippen LogP contribution in [0.15, 0.2) is 59.8 Å². The van der Waals surface area contributed by atoms with E-state index in [1.807, 2.05) is 24.3 Å². The van der Waals surface area contributed by atoms with Gasteiger partial charge in [-0.3, -0.25) is 9.71 Å². The number of hydrogen-bond acceptors (Lipinski definition) is 8. The number of pyridine rings is 2. The van der Waals surface area contributed by atoms with Crippen LogP contribution in [0.5, 0.6) is 5.88 Å². The normalized spacial score (nSPS) is 13.9. The van der Waals surface area contributed by atoms with Gasteiger partial charge in [0.15, 0.2) is 4.90 Å². The molecule has 1 saturated heterocycles. The molecule has 4 rings (SSSR count). The molecular weight excluding hydrogens is 478 g/mol.